The number of rotatable bonds is 4. The van der Waals surface area contributed by atoms with Crippen LogP contribution in [0.2, 0.25) is 0 Å². The zero-order chi connectivity index (χ0) is 14.9. The van der Waals surface area contributed by atoms with Gasteiger partial charge < -0.3 is 4.74 Å². The maximum Gasteiger partial charge on any atom is 0.0783 e. The summed E-state index contributed by atoms with van der Waals surface area (Å²) in [6.45, 7) is 3.00. The lowest BCUT2D eigenvalue weighted by Gasteiger charge is -2.40. The quantitative estimate of drug-likeness (QED) is 0.656. The SMILES string of the molecule is CCc1nn(C)cc1C(NN)C1CCOC2(CCSC2)C1. The lowest BCUT2D eigenvalue weighted by atomic mass is 9.79. The molecule has 21 heavy (non-hydrogen) atoms. The van der Waals surface area contributed by atoms with E-state index < -0.39 is 0 Å². The fourth-order valence-electron chi connectivity index (χ4n) is 3.78. The minimum atomic E-state index is 0.0945. The number of hydrogen-bond donors (Lipinski definition) is 2. The van der Waals surface area contributed by atoms with Crippen LogP contribution in [0, 0.1) is 5.92 Å². The van der Waals surface area contributed by atoms with Crippen molar-refractivity contribution in [3.8, 4) is 0 Å². The molecule has 3 atom stereocenters. The van der Waals surface area contributed by atoms with Crippen LogP contribution in [0.3, 0.4) is 0 Å². The van der Waals surface area contributed by atoms with E-state index in [1.807, 2.05) is 23.5 Å². The van der Waals surface area contributed by atoms with E-state index in [9.17, 15) is 0 Å². The number of aromatic nitrogens is 2. The Morgan fingerprint density at radius 3 is 3.19 bits per heavy atom. The Morgan fingerprint density at radius 2 is 2.52 bits per heavy atom. The van der Waals surface area contributed by atoms with E-state index in [-0.39, 0.29) is 11.6 Å². The fourth-order valence-corrected chi connectivity index (χ4v) is 5.16. The predicted molar refractivity (Wildman–Crippen MR) is 86.0 cm³/mol. The van der Waals surface area contributed by atoms with Gasteiger partial charge in [0.1, 0.15) is 0 Å². The summed E-state index contributed by atoms with van der Waals surface area (Å²) in [6.07, 6.45) is 6.42. The summed E-state index contributed by atoms with van der Waals surface area (Å²) in [4.78, 5) is 0. The highest BCUT2D eigenvalue weighted by molar-refractivity contribution is 7.99. The predicted octanol–water partition coefficient (Wildman–Crippen LogP) is 1.79. The van der Waals surface area contributed by atoms with E-state index in [0.717, 1.165) is 37.3 Å². The van der Waals surface area contributed by atoms with Crippen LogP contribution >= 0.6 is 11.8 Å². The molecule has 0 bridgehead atoms. The number of thioether (sulfide) groups is 1. The van der Waals surface area contributed by atoms with Gasteiger partial charge in [0.15, 0.2) is 0 Å². The van der Waals surface area contributed by atoms with Crippen molar-refractivity contribution in [2.75, 3.05) is 18.1 Å². The molecule has 0 aliphatic carbocycles. The second-order valence-electron chi connectivity index (χ2n) is 6.29. The lowest BCUT2D eigenvalue weighted by molar-refractivity contribution is -0.0854. The van der Waals surface area contributed by atoms with E-state index in [0.29, 0.717) is 5.92 Å². The third-order valence-electron chi connectivity index (χ3n) is 4.86. The Balaban J connectivity index is 1.82. The number of nitrogens with one attached hydrogen (secondary N) is 1. The van der Waals surface area contributed by atoms with Gasteiger partial charge >= 0.3 is 0 Å². The Labute approximate surface area is 131 Å². The molecule has 0 saturated carbocycles. The molecule has 1 spiro atoms. The molecule has 3 N–H and O–H groups in total. The average Bonchev–Trinajstić information content (AvgIpc) is 3.07. The van der Waals surface area contributed by atoms with Crippen molar-refractivity contribution in [1.82, 2.24) is 15.2 Å². The van der Waals surface area contributed by atoms with Gasteiger partial charge in [0, 0.05) is 31.2 Å². The Hall–Kier alpha value is -0.560. The van der Waals surface area contributed by atoms with Gasteiger partial charge in [0.2, 0.25) is 0 Å². The van der Waals surface area contributed by atoms with E-state index in [4.69, 9.17) is 10.6 Å². The highest BCUT2D eigenvalue weighted by atomic mass is 32.2. The minimum absolute atomic E-state index is 0.0945. The summed E-state index contributed by atoms with van der Waals surface area (Å²) in [5, 5.41) is 4.57. The molecule has 0 radical (unpaired) electrons. The maximum absolute atomic E-state index is 6.14. The van der Waals surface area contributed by atoms with Crippen LogP contribution in [0.5, 0.6) is 0 Å². The standard InChI is InChI=1S/C15H26N4OS/c1-3-13-12(9-19(2)18-13)14(17-16)11-4-6-20-15(8-11)5-7-21-10-15/h9,11,14,17H,3-8,10,16H2,1-2H3. The largest absolute Gasteiger partial charge is 0.374 e. The average molecular weight is 310 g/mol. The molecule has 2 aliphatic heterocycles. The second kappa shape index (κ2) is 6.28. The second-order valence-corrected chi connectivity index (χ2v) is 7.39. The number of hydrazine groups is 1. The molecular weight excluding hydrogens is 284 g/mol. The zero-order valence-corrected chi connectivity index (χ0v) is 13.8. The number of nitrogens with zero attached hydrogens (tertiary/aromatic N) is 2. The number of hydrogen-bond acceptors (Lipinski definition) is 5. The van der Waals surface area contributed by atoms with Crippen LogP contribution in [0.25, 0.3) is 0 Å². The van der Waals surface area contributed by atoms with Crippen molar-refractivity contribution in [2.45, 2.75) is 44.2 Å². The van der Waals surface area contributed by atoms with E-state index in [1.165, 1.54) is 17.7 Å². The van der Waals surface area contributed by atoms with Crippen LogP contribution in [-0.2, 0) is 18.2 Å². The molecule has 1 aromatic rings. The molecule has 6 heteroatoms. The molecule has 0 amide bonds. The van der Waals surface area contributed by atoms with E-state index in [2.05, 4.69) is 23.6 Å². The Morgan fingerprint density at radius 1 is 1.67 bits per heavy atom. The maximum atomic E-state index is 6.14. The molecule has 0 aromatic carbocycles. The van der Waals surface area contributed by atoms with E-state index >= 15 is 0 Å². The van der Waals surface area contributed by atoms with Crippen molar-refractivity contribution in [2.24, 2.45) is 18.8 Å². The Kier molecular flexibility index (Phi) is 4.59. The first-order valence-electron chi connectivity index (χ1n) is 7.88. The normalized spacial score (nSPS) is 30.9. The molecule has 2 saturated heterocycles. The fraction of sp³-hybridized carbons (Fsp3) is 0.800. The lowest BCUT2D eigenvalue weighted by Crippen LogP contribution is -2.45. The summed E-state index contributed by atoms with van der Waals surface area (Å²) in [5.74, 6) is 8.80. The highest BCUT2D eigenvalue weighted by Gasteiger charge is 2.43. The van der Waals surface area contributed by atoms with Gasteiger partial charge in [0.25, 0.3) is 0 Å². The number of nitrogens with two attached hydrogens (primary N) is 1. The van der Waals surface area contributed by atoms with Crippen LogP contribution in [0.4, 0.5) is 0 Å². The molecular formula is C15H26N4OS. The van der Waals surface area contributed by atoms with E-state index in [1.54, 1.807) is 0 Å². The summed E-state index contributed by atoms with van der Waals surface area (Å²) in [5.41, 5.74) is 5.58. The van der Waals surface area contributed by atoms with Crippen LogP contribution < -0.4 is 11.3 Å². The molecule has 118 valence electrons. The van der Waals surface area contributed by atoms with Gasteiger partial charge in [-0.3, -0.25) is 16.0 Å². The van der Waals surface area contributed by atoms with Crippen molar-refractivity contribution in [3.05, 3.63) is 17.5 Å². The third kappa shape index (κ3) is 2.99. The summed E-state index contributed by atoms with van der Waals surface area (Å²) >= 11 is 2.02. The first-order valence-corrected chi connectivity index (χ1v) is 9.03. The topological polar surface area (TPSA) is 65.1 Å². The molecule has 1 aromatic heterocycles. The van der Waals surface area contributed by atoms with Gasteiger partial charge in [-0.25, -0.2) is 0 Å². The molecule has 2 fully saturated rings. The molecule has 5 nitrogen and oxygen atoms in total. The third-order valence-corrected chi connectivity index (χ3v) is 6.08. The van der Waals surface area contributed by atoms with Gasteiger partial charge in [-0.1, -0.05) is 6.92 Å². The minimum Gasteiger partial charge on any atom is -0.374 e. The van der Waals surface area contributed by atoms with Gasteiger partial charge in [0.05, 0.1) is 17.3 Å². The first-order chi connectivity index (χ1) is 10.2. The number of ether oxygens (including phenoxy) is 1. The molecule has 2 aliphatic rings. The summed E-state index contributed by atoms with van der Waals surface area (Å²) < 4.78 is 8.04. The Bertz CT molecular complexity index is 484. The first kappa shape index (κ1) is 15.3. The smallest absolute Gasteiger partial charge is 0.0783 e. The molecule has 3 heterocycles. The summed E-state index contributed by atoms with van der Waals surface area (Å²) in [6, 6.07) is 0.181. The van der Waals surface area contributed by atoms with Crippen molar-refractivity contribution >= 4 is 11.8 Å². The van der Waals surface area contributed by atoms with Crippen LogP contribution in [0.15, 0.2) is 6.20 Å². The van der Waals surface area contributed by atoms with Gasteiger partial charge in [-0.2, -0.15) is 16.9 Å². The highest BCUT2D eigenvalue weighted by Crippen LogP contribution is 2.44. The van der Waals surface area contributed by atoms with Crippen molar-refractivity contribution < 1.29 is 4.74 Å². The van der Waals surface area contributed by atoms with Crippen molar-refractivity contribution in [1.29, 1.82) is 0 Å². The zero-order valence-electron chi connectivity index (χ0n) is 13.0. The number of aryl methyl sites for hydroxylation is 2. The monoisotopic (exact) mass is 310 g/mol. The van der Waals surface area contributed by atoms with Gasteiger partial charge in [-0.05, 0) is 37.4 Å². The molecule has 3 unspecified atom stereocenters. The van der Waals surface area contributed by atoms with Crippen molar-refractivity contribution in [3.63, 3.8) is 0 Å². The van der Waals surface area contributed by atoms with Crippen LogP contribution in [-0.4, -0.2) is 33.5 Å². The molecule has 3 rings (SSSR count). The van der Waals surface area contributed by atoms with Crippen LogP contribution in [0.1, 0.15) is 43.5 Å². The summed E-state index contributed by atoms with van der Waals surface area (Å²) in [7, 11) is 1.98. The van der Waals surface area contributed by atoms with Gasteiger partial charge in [-0.15, -0.1) is 0 Å².